The first-order valence-electron chi connectivity index (χ1n) is 4.09. The van der Waals surface area contributed by atoms with Crippen molar-refractivity contribution in [1.82, 2.24) is 0 Å². The average Bonchev–Trinajstić information content (AvgIpc) is 2.55. The SMILES string of the molecule is C#Cc1oc2cccc(OC)c2c1N. The van der Waals surface area contributed by atoms with Gasteiger partial charge in [0, 0.05) is 0 Å². The highest BCUT2D eigenvalue weighted by Gasteiger charge is 2.13. The fourth-order valence-electron chi connectivity index (χ4n) is 1.42. The number of rotatable bonds is 1. The molecule has 70 valence electrons. The molecule has 0 aliphatic heterocycles. The zero-order valence-electron chi connectivity index (χ0n) is 7.70. The van der Waals surface area contributed by atoms with Crippen LogP contribution in [0.15, 0.2) is 22.6 Å². The summed E-state index contributed by atoms with van der Waals surface area (Å²) in [5.74, 6) is 3.41. The Bertz CT molecular complexity index is 520. The Kier molecular flexibility index (Phi) is 1.83. The lowest BCUT2D eigenvalue weighted by molar-refractivity contribution is 0.419. The van der Waals surface area contributed by atoms with E-state index in [0.29, 0.717) is 22.8 Å². The van der Waals surface area contributed by atoms with Gasteiger partial charge >= 0.3 is 0 Å². The molecule has 2 aromatic rings. The minimum atomic E-state index is 0.351. The Morgan fingerprint density at radius 3 is 2.93 bits per heavy atom. The number of fused-ring (bicyclic) bond motifs is 1. The third-order valence-corrected chi connectivity index (χ3v) is 2.06. The van der Waals surface area contributed by atoms with Crippen LogP contribution in [-0.2, 0) is 0 Å². The van der Waals surface area contributed by atoms with Crippen LogP contribution in [0.4, 0.5) is 5.69 Å². The molecule has 2 N–H and O–H groups in total. The molecule has 14 heavy (non-hydrogen) atoms. The fraction of sp³-hybridized carbons (Fsp3) is 0.0909. The molecule has 0 amide bonds. The van der Waals surface area contributed by atoms with Crippen LogP contribution in [0.3, 0.4) is 0 Å². The Labute approximate surface area is 81.5 Å². The maximum atomic E-state index is 5.81. The second-order valence-corrected chi connectivity index (χ2v) is 2.82. The van der Waals surface area contributed by atoms with Crippen molar-refractivity contribution in [3.8, 4) is 18.1 Å². The van der Waals surface area contributed by atoms with Gasteiger partial charge in [-0.1, -0.05) is 6.07 Å². The van der Waals surface area contributed by atoms with Crippen molar-refractivity contribution in [2.75, 3.05) is 12.8 Å². The molecule has 1 aromatic heterocycles. The number of furan rings is 1. The summed E-state index contributed by atoms with van der Waals surface area (Å²) in [6.07, 6.45) is 5.24. The van der Waals surface area contributed by atoms with E-state index in [9.17, 15) is 0 Å². The van der Waals surface area contributed by atoms with Crippen molar-refractivity contribution in [2.45, 2.75) is 0 Å². The number of ether oxygens (including phenoxy) is 1. The Hall–Kier alpha value is -2.08. The minimum Gasteiger partial charge on any atom is -0.496 e. The maximum Gasteiger partial charge on any atom is 0.200 e. The van der Waals surface area contributed by atoms with Gasteiger partial charge in [0.05, 0.1) is 18.2 Å². The molecule has 3 nitrogen and oxygen atoms in total. The lowest BCUT2D eigenvalue weighted by Gasteiger charge is -1.99. The summed E-state index contributed by atoms with van der Waals surface area (Å²) < 4.78 is 10.5. The van der Waals surface area contributed by atoms with Crippen LogP contribution in [-0.4, -0.2) is 7.11 Å². The molecule has 0 aliphatic rings. The lowest BCUT2D eigenvalue weighted by Crippen LogP contribution is -1.88. The van der Waals surface area contributed by atoms with E-state index in [1.54, 1.807) is 13.2 Å². The molecule has 3 heteroatoms. The van der Waals surface area contributed by atoms with Crippen LogP contribution in [0, 0.1) is 12.3 Å². The topological polar surface area (TPSA) is 48.4 Å². The quantitative estimate of drug-likeness (QED) is 0.694. The highest BCUT2D eigenvalue weighted by molar-refractivity contribution is 5.97. The van der Waals surface area contributed by atoms with E-state index in [4.69, 9.17) is 21.3 Å². The van der Waals surface area contributed by atoms with E-state index in [0.717, 1.165) is 5.39 Å². The summed E-state index contributed by atoms with van der Waals surface area (Å²) in [7, 11) is 1.58. The second-order valence-electron chi connectivity index (χ2n) is 2.82. The zero-order valence-corrected chi connectivity index (χ0v) is 7.70. The largest absolute Gasteiger partial charge is 0.496 e. The number of nitrogens with two attached hydrogens (primary N) is 1. The van der Waals surface area contributed by atoms with Crippen molar-refractivity contribution in [1.29, 1.82) is 0 Å². The molecular formula is C11H9NO2. The molecule has 1 aromatic carbocycles. The van der Waals surface area contributed by atoms with Gasteiger partial charge in [0.25, 0.3) is 0 Å². The Balaban J connectivity index is 2.87. The maximum absolute atomic E-state index is 5.81. The van der Waals surface area contributed by atoms with Crippen LogP contribution in [0.25, 0.3) is 11.0 Å². The molecule has 0 radical (unpaired) electrons. The second kappa shape index (κ2) is 3.00. The Morgan fingerprint density at radius 2 is 2.29 bits per heavy atom. The smallest absolute Gasteiger partial charge is 0.200 e. The molecule has 0 spiro atoms. The van der Waals surface area contributed by atoms with Crippen LogP contribution in [0.2, 0.25) is 0 Å². The highest BCUT2D eigenvalue weighted by atomic mass is 16.5. The first-order valence-corrected chi connectivity index (χ1v) is 4.09. The van der Waals surface area contributed by atoms with Gasteiger partial charge in [-0.15, -0.1) is 6.42 Å². The molecule has 1 heterocycles. The predicted molar refractivity (Wildman–Crippen MR) is 55.1 cm³/mol. The van der Waals surface area contributed by atoms with Crippen molar-refractivity contribution >= 4 is 16.7 Å². The van der Waals surface area contributed by atoms with Crippen molar-refractivity contribution in [3.63, 3.8) is 0 Å². The number of nitrogen functional groups attached to an aromatic ring is 1. The summed E-state index contributed by atoms with van der Waals surface area (Å²) in [4.78, 5) is 0. The molecule has 0 unspecified atom stereocenters. The number of methoxy groups -OCH3 is 1. The average molecular weight is 187 g/mol. The van der Waals surface area contributed by atoms with Gasteiger partial charge in [-0.25, -0.2) is 0 Å². The van der Waals surface area contributed by atoms with Gasteiger partial charge in [0.1, 0.15) is 11.3 Å². The molecular weight excluding hydrogens is 178 g/mol. The van der Waals surface area contributed by atoms with Crippen molar-refractivity contribution in [2.24, 2.45) is 0 Å². The van der Waals surface area contributed by atoms with E-state index >= 15 is 0 Å². The monoisotopic (exact) mass is 187 g/mol. The van der Waals surface area contributed by atoms with E-state index < -0.39 is 0 Å². The lowest BCUT2D eigenvalue weighted by atomic mass is 10.2. The summed E-state index contributed by atoms with van der Waals surface area (Å²) in [5.41, 5.74) is 6.92. The van der Waals surface area contributed by atoms with E-state index in [2.05, 4.69) is 5.92 Å². The van der Waals surface area contributed by atoms with Gasteiger partial charge in [-0.05, 0) is 18.1 Å². The third kappa shape index (κ3) is 1.01. The first kappa shape index (κ1) is 8.52. The molecule has 0 atom stereocenters. The normalized spacial score (nSPS) is 10.0. The molecule has 2 rings (SSSR count). The minimum absolute atomic E-state index is 0.351. The number of terminal acetylenes is 1. The van der Waals surface area contributed by atoms with Crippen LogP contribution in [0.5, 0.6) is 5.75 Å². The van der Waals surface area contributed by atoms with Gasteiger partial charge in [0.15, 0.2) is 0 Å². The summed E-state index contributed by atoms with van der Waals surface area (Å²) in [6.45, 7) is 0. The van der Waals surface area contributed by atoms with Crippen LogP contribution in [0.1, 0.15) is 5.76 Å². The highest BCUT2D eigenvalue weighted by Crippen LogP contribution is 2.34. The number of hydrogen-bond donors (Lipinski definition) is 1. The van der Waals surface area contributed by atoms with Gasteiger partial charge in [-0.2, -0.15) is 0 Å². The van der Waals surface area contributed by atoms with Crippen LogP contribution >= 0.6 is 0 Å². The van der Waals surface area contributed by atoms with E-state index in [1.807, 2.05) is 12.1 Å². The third-order valence-electron chi connectivity index (χ3n) is 2.06. The predicted octanol–water partition coefficient (Wildman–Crippen LogP) is 2.00. The van der Waals surface area contributed by atoms with Crippen molar-refractivity contribution < 1.29 is 9.15 Å². The molecule has 0 saturated heterocycles. The van der Waals surface area contributed by atoms with Crippen LogP contribution < -0.4 is 10.5 Å². The zero-order chi connectivity index (χ0) is 10.1. The first-order chi connectivity index (χ1) is 6.77. The van der Waals surface area contributed by atoms with Gasteiger partial charge < -0.3 is 14.9 Å². The van der Waals surface area contributed by atoms with E-state index in [1.165, 1.54) is 0 Å². The number of benzene rings is 1. The molecule has 0 bridgehead atoms. The number of anilines is 1. The molecule has 0 saturated carbocycles. The van der Waals surface area contributed by atoms with Gasteiger partial charge in [0.2, 0.25) is 5.76 Å². The molecule has 0 fully saturated rings. The van der Waals surface area contributed by atoms with Gasteiger partial charge in [-0.3, -0.25) is 0 Å². The fourth-order valence-corrected chi connectivity index (χ4v) is 1.42. The number of hydrogen-bond acceptors (Lipinski definition) is 3. The summed E-state index contributed by atoms with van der Waals surface area (Å²) in [5, 5.41) is 0.739. The van der Waals surface area contributed by atoms with Crippen molar-refractivity contribution in [3.05, 3.63) is 24.0 Å². The molecule has 0 aliphatic carbocycles. The Morgan fingerprint density at radius 1 is 1.50 bits per heavy atom. The summed E-state index contributed by atoms with van der Waals surface area (Å²) in [6, 6.07) is 5.44. The van der Waals surface area contributed by atoms with E-state index in [-0.39, 0.29) is 0 Å². The summed E-state index contributed by atoms with van der Waals surface area (Å²) >= 11 is 0. The standard InChI is InChI=1S/C11H9NO2/c1-3-7-11(12)10-8(13-2)5-4-6-9(10)14-7/h1,4-6H,12H2,2H3.